The fraction of sp³-hybridized carbons (Fsp3) is 0.571. The number of anilines is 1. The van der Waals surface area contributed by atoms with Crippen molar-refractivity contribution in [1.82, 2.24) is 9.88 Å². The smallest absolute Gasteiger partial charge is 0.161 e. The first-order valence-corrected chi connectivity index (χ1v) is 6.46. The molecule has 0 atom stereocenters. The summed E-state index contributed by atoms with van der Waals surface area (Å²) in [6.45, 7) is 3.85. The van der Waals surface area contributed by atoms with E-state index in [9.17, 15) is 4.79 Å². The number of hydrogen-bond acceptors (Lipinski definition) is 4. The molecule has 0 amide bonds. The van der Waals surface area contributed by atoms with Crippen molar-refractivity contribution in [1.29, 1.82) is 0 Å². The van der Waals surface area contributed by atoms with Crippen molar-refractivity contribution >= 4 is 11.6 Å². The van der Waals surface area contributed by atoms with E-state index in [-0.39, 0.29) is 5.78 Å². The van der Waals surface area contributed by atoms with Crippen molar-refractivity contribution in [3.63, 3.8) is 0 Å². The Morgan fingerprint density at radius 1 is 1.39 bits per heavy atom. The van der Waals surface area contributed by atoms with Gasteiger partial charge >= 0.3 is 0 Å². The minimum atomic E-state index is 0.0657. The lowest BCUT2D eigenvalue weighted by Gasteiger charge is -2.35. The summed E-state index contributed by atoms with van der Waals surface area (Å²) in [5.74, 6) is 1.02. The Morgan fingerprint density at radius 2 is 2.06 bits per heavy atom. The van der Waals surface area contributed by atoms with Crippen LogP contribution in [0.1, 0.15) is 30.1 Å². The summed E-state index contributed by atoms with van der Waals surface area (Å²) >= 11 is 0. The Hall–Kier alpha value is -1.42. The molecular formula is C14H21N3O. The molecule has 0 spiro atoms. The highest BCUT2D eigenvalue weighted by atomic mass is 16.1. The van der Waals surface area contributed by atoms with E-state index < -0.39 is 0 Å². The van der Waals surface area contributed by atoms with Gasteiger partial charge in [0, 0.05) is 24.8 Å². The van der Waals surface area contributed by atoms with Gasteiger partial charge in [-0.25, -0.2) is 4.98 Å². The number of carbonyl (C=O) groups excluding carboxylic acids is 1. The van der Waals surface area contributed by atoms with E-state index in [0.29, 0.717) is 11.6 Å². The van der Waals surface area contributed by atoms with Gasteiger partial charge in [0.05, 0.1) is 0 Å². The lowest BCUT2D eigenvalue weighted by Crippen LogP contribution is -2.42. The summed E-state index contributed by atoms with van der Waals surface area (Å²) in [5, 5.41) is 0. The van der Waals surface area contributed by atoms with Gasteiger partial charge < -0.3 is 9.80 Å². The molecule has 0 saturated carbocycles. The molecule has 0 radical (unpaired) electrons. The number of pyridine rings is 1. The van der Waals surface area contributed by atoms with Gasteiger partial charge in [0.25, 0.3) is 0 Å². The largest absolute Gasteiger partial charge is 0.357 e. The number of nitrogens with zero attached hydrogens (tertiary/aromatic N) is 3. The second-order valence-corrected chi connectivity index (χ2v) is 5.11. The van der Waals surface area contributed by atoms with Crippen LogP contribution in [-0.2, 0) is 0 Å². The fourth-order valence-electron chi connectivity index (χ4n) is 2.37. The van der Waals surface area contributed by atoms with Gasteiger partial charge in [-0.05, 0) is 52.0 Å². The molecule has 0 aliphatic carbocycles. The standard InChI is InChI=1S/C14H21N3O/c1-11(18)12-4-5-14(15-10-12)17(3)13-6-8-16(2)9-7-13/h4-5,10,13H,6-9H2,1-3H3. The number of carbonyl (C=O) groups is 1. The molecule has 0 N–H and O–H groups in total. The first-order chi connectivity index (χ1) is 8.58. The topological polar surface area (TPSA) is 36.4 Å². The third-order valence-electron chi connectivity index (χ3n) is 3.75. The maximum Gasteiger partial charge on any atom is 0.161 e. The number of Topliss-reactive ketones (excluding diaryl/α,β-unsaturated/α-hetero) is 1. The Morgan fingerprint density at radius 3 is 2.56 bits per heavy atom. The number of rotatable bonds is 3. The zero-order valence-corrected chi connectivity index (χ0v) is 11.4. The molecule has 4 nitrogen and oxygen atoms in total. The van der Waals surface area contributed by atoms with E-state index in [1.165, 1.54) is 12.8 Å². The van der Waals surface area contributed by atoms with Crippen molar-refractivity contribution in [2.24, 2.45) is 0 Å². The predicted molar refractivity (Wildman–Crippen MR) is 73.2 cm³/mol. The van der Waals surface area contributed by atoms with Crippen molar-refractivity contribution in [2.75, 3.05) is 32.1 Å². The molecule has 1 saturated heterocycles. The van der Waals surface area contributed by atoms with Crippen LogP contribution >= 0.6 is 0 Å². The van der Waals surface area contributed by atoms with E-state index in [0.717, 1.165) is 18.9 Å². The number of hydrogen-bond donors (Lipinski definition) is 0. The molecule has 0 unspecified atom stereocenters. The molecule has 2 rings (SSSR count). The molecule has 1 aromatic rings. The summed E-state index contributed by atoms with van der Waals surface area (Å²) in [6, 6.07) is 4.35. The highest BCUT2D eigenvalue weighted by molar-refractivity contribution is 5.93. The van der Waals surface area contributed by atoms with Crippen LogP contribution in [0.25, 0.3) is 0 Å². The SMILES string of the molecule is CC(=O)c1ccc(N(C)C2CCN(C)CC2)nc1. The Balaban J connectivity index is 2.04. The summed E-state index contributed by atoms with van der Waals surface area (Å²) in [6.07, 6.45) is 4.01. The molecule has 2 heterocycles. The molecular weight excluding hydrogens is 226 g/mol. The first-order valence-electron chi connectivity index (χ1n) is 6.46. The quantitative estimate of drug-likeness (QED) is 0.763. The van der Waals surface area contributed by atoms with Crippen molar-refractivity contribution < 1.29 is 4.79 Å². The number of likely N-dealkylation sites (tertiary alicyclic amines) is 1. The van der Waals surface area contributed by atoms with E-state index in [1.807, 2.05) is 12.1 Å². The van der Waals surface area contributed by atoms with Crippen molar-refractivity contribution in [3.05, 3.63) is 23.9 Å². The lowest BCUT2D eigenvalue weighted by atomic mass is 10.0. The molecule has 18 heavy (non-hydrogen) atoms. The Bertz CT molecular complexity index is 408. The van der Waals surface area contributed by atoms with Crippen LogP contribution in [0.15, 0.2) is 18.3 Å². The van der Waals surface area contributed by atoms with Gasteiger partial charge in [-0.2, -0.15) is 0 Å². The summed E-state index contributed by atoms with van der Waals surface area (Å²) < 4.78 is 0. The second kappa shape index (κ2) is 5.48. The number of aromatic nitrogens is 1. The van der Waals surface area contributed by atoms with Gasteiger partial charge in [0.2, 0.25) is 0 Å². The number of ketones is 1. The second-order valence-electron chi connectivity index (χ2n) is 5.11. The van der Waals surface area contributed by atoms with Crippen molar-refractivity contribution in [2.45, 2.75) is 25.8 Å². The maximum atomic E-state index is 11.2. The van der Waals surface area contributed by atoms with Crippen LogP contribution in [0.4, 0.5) is 5.82 Å². The minimum Gasteiger partial charge on any atom is -0.357 e. The van der Waals surface area contributed by atoms with Gasteiger partial charge in [-0.15, -0.1) is 0 Å². The van der Waals surface area contributed by atoms with Crippen LogP contribution in [0, 0.1) is 0 Å². The fourth-order valence-corrected chi connectivity index (χ4v) is 2.37. The molecule has 1 aliphatic rings. The average Bonchev–Trinajstić information content (AvgIpc) is 2.39. The maximum absolute atomic E-state index is 11.2. The molecule has 1 fully saturated rings. The van der Waals surface area contributed by atoms with E-state index in [2.05, 4.69) is 28.9 Å². The van der Waals surface area contributed by atoms with Crippen LogP contribution in [0.3, 0.4) is 0 Å². The molecule has 0 aromatic carbocycles. The minimum absolute atomic E-state index is 0.0657. The predicted octanol–water partition coefficient (Wildman–Crippen LogP) is 1.81. The molecule has 4 heteroatoms. The number of piperidine rings is 1. The Labute approximate surface area is 109 Å². The van der Waals surface area contributed by atoms with Crippen LogP contribution in [0.5, 0.6) is 0 Å². The van der Waals surface area contributed by atoms with Crippen LogP contribution in [-0.4, -0.2) is 48.9 Å². The molecule has 1 aliphatic heterocycles. The highest BCUT2D eigenvalue weighted by Gasteiger charge is 2.21. The van der Waals surface area contributed by atoms with Gasteiger partial charge in [-0.1, -0.05) is 0 Å². The Kier molecular flexibility index (Phi) is 3.97. The zero-order chi connectivity index (χ0) is 13.1. The van der Waals surface area contributed by atoms with Crippen LogP contribution < -0.4 is 4.90 Å². The van der Waals surface area contributed by atoms with Crippen molar-refractivity contribution in [3.8, 4) is 0 Å². The third kappa shape index (κ3) is 2.88. The van der Waals surface area contributed by atoms with Gasteiger partial charge in [-0.3, -0.25) is 4.79 Å². The van der Waals surface area contributed by atoms with E-state index in [1.54, 1.807) is 13.1 Å². The first kappa shape index (κ1) is 13.0. The molecule has 0 bridgehead atoms. The van der Waals surface area contributed by atoms with Crippen LogP contribution in [0.2, 0.25) is 0 Å². The van der Waals surface area contributed by atoms with Gasteiger partial charge in [0.1, 0.15) is 5.82 Å². The summed E-state index contributed by atoms with van der Waals surface area (Å²) in [4.78, 5) is 20.2. The molecule has 1 aromatic heterocycles. The van der Waals surface area contributed by atoms with E-state index in [4.69, 9.17) is 0 Å². The monoisotopic (exact) mass is 247 g/mol. The molecule has 98 valence electrons. The normalized spacial score (nSPS) is 17.7. The highest BCUT2D eigenvalue weighted by Crippen LogP contribution is 2.20. The van der Waals surface area contributed by atoms with Gasteiger partial charge in [0.15, 0.2) is 5.78 Å². The average molecular weight is 247 g/mol. The lowest BCUT2D eigenvalue weighted by molar-refractivity contribution is 0.101. The van der Waals surface area contributed by atoms with E-state index >= 15 is 0 Å². The third-order valence-corrected chi connectivity index (χ3v) is 3.75. The zero-order valence-electron chi connectivity index (χ0n) is 11.4. The summed E-state index contributed by atoms with van der Waals surface area (Å²) in [7, 11) is 4.25. The summed E-state index contributed by atoms with van der Waals surface area (Å²) in [5.41, 5.74) is 0.676.